The number of benzene rings is 1. The first-order chi connectivity index (χ1) is 13.4. The molecule has 1 saturated heterocycles. The van der Waals surface area contributed by atoms with E-state index < -0.39 is 17.0 Å². The van der Waals surface area contributed by atoms with Gasteiger partial charge in [-0.2, -0.15) is 5.10 Å². The molecule has 2 heterocycles. The lowest BCUT2D eigenvalue weighted by Gasteiger charge is -2.38. The summed E-state index contributed by atoms with van der Waals surface area (Å²) in [6.45, 7) is 5.70. The highest BCUT2D eigenvalue weighted by Gasteiger charge is 2.52. The first kappa shape index (κ1) is 17.7. The molecule has 0 bridgehead atoms. The smallest absolute Gasteiger partial charge is 0.234 e. The van der Waals surface area contributed by atoms with Crippen LogP contribution in [0.25, 0.3) is 11.3 Å². The van der Waals surface area contributed by atoms with Gasteiger partial charge >= 0.3 is 0 Å². The normalized spacial score (nSPS) is 30.7. The molecule has 2 unspecified atom stereocenters. The van der Waals surface area contributed by atoms with Gasteiger partial charge in [0.05, 0.1) is 22.4 Å². The van der Waals surface area contributed by atoms with Gasteiger partial charge in [0.15, 0.2) is 0 Å². The highest BCUT2D eigenvalue weighted by atomic mass is 19.1. The number of piperidine rings is 1. The third-order valence-corrected chi connectivity index (χ3v) is 6.91. The highest BCUT2D eigenvalue weighted by Crippen LogP contribution is 2.48. The molecule has 5 rings (SSSR count). The summed E-state index contributed by atoms with van der Waals surface area (Å²) in [7, 11) is 0. The molecular weight excluding hydrogens is 360 g/mol. The maximum atomic E-state index is 14.2. The van der Waals surface area contributed by atoms with Crippen LogP contribution in [0.3, 0.4) is 0 Å². The summed E-state index contributed by atoms with van der Waals surface area (Å²) in [5.74, 6) is 0.304. The Bertz CT molecular complexity index is 948. The molecule has 146 valence electrons. The first-order valence-electron chi connectivity index (χ1n) is 10.0. The van der Waals surface area contributed by atoms with Crippen LogP contribution in [0.4, 0.5) is 8.78 Å². The minimum atomic E-state index is -0.724. The lowest BCUT2D eigenvalue weighted by atomic mass is 9.70. The number of rotatable bonds is 2. The number of carbonyl (C=O) groups is 1. The van der Waals surface area contributed by atoms with Crippen LogP contribution in [-0.4, -0.2) is 34.1 Å². The van der Waals surface area contributed by atoms with E-state index in [0.717, 1.165) is 25.1 Å². The van der Waals surface area contributed by atoms with E-state index in [1.807, 2.05) is 11.8 Å². The Labute approximate surface area is 163 Å². The molecule has 2 aromatic rings. The van der Waals surface area contributed by atoms with Gasteiger partial charge in [-0.15, -0.1) is 5.10 Å². The molecule has 0 spiro atoms. The van der Waals surface area contributed by atoms with Crippen molar-refractivity contribution >= 4 is 5.91 Å². The van der Waals surface area contributed by atoms with Gasteiger partial charge in [0.2, 0.25) is 5.91 Å². The maximum Gasteiger partial charge on any atom is 0.234 e. The van der Waals surface area contributed by atoms with E-state index in [1.54, 1.807) is 6.07 Å². The van der Waals surface area contributed by atoms with Crippen molar-refractivity contribution in [3.8, 4) is 11.3 Å². The summed E-state index contributed by atoms with van der Waals surface area (Å²) < 4.78 is 28.4. The van der Waals surface area contributed by atoms with E-state index >= 15 is 0 Å². The Balaban J connectivity index is 1.56. The molecule has 1 amide bonds. The first-order valence-corrected chi connectivity index (χ1v) is 10.0. The van der Waals surface area contributed by atoms with Crippen LogP contribution in [-0.2, 0) is 10.2 Å². The minimum absolute atomic E-state index is 0.118. The summed E-state index contributed by atoms with van der Waals surface area (Å²) in [5, 5.41) is 8.52. The third-order valence-electron chi connectivity index (χ3n) is 6.91. The van der Waals surface area contributed by atoms with Crippen molar-refractivity contribution in [2.45, 2.75) is 44.4 Å². The second-order valence-electron chi connectivity index (χ2n) is 8.87. The Morgan fingerprint density at radius 2 is 1.86 bits per heavy atom. The maximum absolute atomic E-state index is 14.2. The number of fused-ring (bicyclic) bond motifs is 2. The molecule has 0 radical (unpaired) electrons. The highest BCUT2D eigenvalue weighted by molar-refractivity contribution is 5.88. The monoisotopic (exact) mass is 383 g/mol. The summed E-state index contributed by atoms with van der Waals surface area (Å²) in [4.78, 5) is 15.3. The third kappa shape index (κ3) is 2.57. The van der Waals surface area contributed by atoms with Crippen LogP contribution in [0, 0.1) is 23.5 Å². The van der Waals surface area contributed by atoms with Crippen LogP contribution in [0.15, 0.2) is 24.3 Å². The second kappa shape index (κ2) is 6.06. The zero-order chi connectivity index (χ0) is 19.6. The Kier molecular flexibility index (Phi) is 3.83. The van der Waals surface area contributed by atoms with E-state index in [1.165, 1.54) is 24.6 Å². The fraction of sp³-hybridized carbons (Fsp3) is 0.500. The second-order valence-corrected chi connectivity index (χ2v) is 8.87. The van der Waals surface area contributed by atoms with Gasteiger partial charge in [0.1, 0.15) is 11.6 Å². The van der Waals surface area contributed by atoms with E-state index in [9.17, 15) is 13.6 Å². The van der Waals surface area contributed by atoms with Gasteiger partial charge in [0, 0.05) is 13.1 Å². The molecule has 1 aromatic heterocycles. The number of aromatic nitrogens is 2. The Hall–Kier alpha value is -2.37. The van der Waals surface area contributed by atoms with Gasteiger partial charge in [-0.3, -0.25) is 4.79 Å². The summed E-state index contributed by atoms with van der Waals surface area (Å²) >= 11 is 0. The molecule has 1 aromatic carbocycles. The largest absolute Gasteiger partial charge is 0.341 e. The zero-order valence-corrected chi connectivity index (χ0v) is 16.1. The van der Waals surface area contributed by atoms with Crippen molar-refractivity contribution in [2.75, 3.05) is 13.1 Å². The standard InChI is InChI=1S/C22H23F2N3O/c1-12-6-7-22(2,21(28)27-10-13-8-14(13)11-27)20-15(12)9-18(25-26-20)19-16(23)4-3-5-17(19)24/h3-5,9,12-14H,6-8,10-11H2,1-2H3/t12-,13?,14?,22-/m0/s1. The molecule has 6 heteroatoms. The van der Waals surface area contributed by atoms with E-state index in [0.29, 0.717) is 24.0 Å². The number of hydrogen-bond acceptors (Lipinski definition) is 3. The molecule has 4 atom stereocenters. The van der Waals surface area contributed by atoms with Gasteiger partial charge in [-0.1, -0.05) is 13.0 Å². The van der Waals surface area contributed by atoms with Crippen LogP contribution in [0.5, 0.6) is 0 Å². The van der Waals surface area contributed by atoms with E-state index in [-0.39, 0.29) is 23.1 Å². The number of likely N-dealkylation sites (tertiary alicyclic amines) is 1. The molecule has 1 aliphatic heterocycles. The molecule has 2 fully saturated rings. The van der Waals surface area contributed by atoms with Crippen molar-refractivity contribution in [1.29, 1.82) is 0 Å². The molecule has 3 aliphatic rings. The number of nitrogens with zero attached hydrogens (tertiary/aromatic N) is 3. The number of hydrogen-bond donors (Lipinski definition) is 0. The van der Waals surface area contributed by atoms with Crippen LogP contribution < -0.4 is 0 Å². The summed E-state index contributed by atoms with van der Waals surface area (Å²) in [5.41, 5.74) is 0.831. The average Bonchev–Trinajstić information content (AvgIpc) is 3.29. The predicted molar refractivity (Wildman–Crippen MR) is 101 cm³/mol. The molecule has 4 nitrogen and oxygen atoms in total. The average molecular weight is 383 g/mol. The Morgan fingerprint density at radius 3 is 2.54 bits per heavy atom. The van der Waals surface area contributed by atoms with Crippen molar-refractivity contribution in [1.82, 2.24) is 15.1 Å². The fourth-order valence-electron chi connectivity index (χ4n) is 4.98. The van der Waals surface area contributed by atoms with E-state index in [2.05, 4.69) is 17.1 Å². The summed E-state index contributed by atoms with van der Waals surface area (Å²) in [6.07, 6.45) is 2.79. The molecule has 1 saturated carbocycles. The fourth-order valence-corrected chi connectivity index (χ4v) is 4.98. The zero-order valence-electron chi connectivity index (χ0n) is 16.1. The van der Waals surface area contributed by atoms with Gasteiger partial charge in [0.25, 0.3) is 0 Å². The molecule has 28 heavy (non-hydrogen) atoms. The van der Waals surface area contributed by atoms with Crippen molar-refractivity contribution in [3.63, 3.8) is 0 Å². The number of halogens is 2. The topological polar surface area (TPSA) is 46.1 Å². The van der Waals surface area contributed by atoms with Crippen molar-refractivity contribution < 1.29 is 13.6 Å². The van der Waals surface area contributed by atoms with Crippen LogP contribution in [0.2, 0.25) is 0 Å². The lowest BCUT2D eigenvalue weighted by molar-refractivity contribution is -0.137. The minimum Gasteiger partial charge on any atom is -0.341 e. The quantitative estimate of drug-likeness (QED) is 0.786. The molecule has 0 N–H and O–H groups in total. The van der Waals surface area contributed by atoms with E-state index in [4.69, 9.17) is 0 Å². The van der Waals surface area contributed by atoms with Crippen molar-refractivity contribution in [3.05, 3.63) is 47.2 Å². The predicted octanol–water partition coefficient (Wildman–Crippen LogP) is 4.06. The summed E-state index contributed by atoms with van der Waals surface area (Å²) in [6, 6.07) is 5.49. The molecular formula is C22H23F2N3O. The van der Waals surface area contributed by atoms with Crippen molar-refractivity contribution in [2.24, 2.45) is 11.8 Å². The van der Waals surface area contributed by atoms with Crippen LogP contribution >= 0.6 is 0 Å². The van der Waals surface area contributed by atoms with Gasteiger partial charge in [-0.05, 0) is 67.7 Å². The molecule has 2 aliphatic carbocycles. The lowest BCUT2D eigenvalue weighted by Crippen LogP contribution is -2.47. The van der Waals surface area contributed by atoms with Gasteiger partial charge in [-0.25, -0.2) is 8.78 Å². The number of carbonyl (C=O) groups excluding carboxylic acids is 1. The van der Waals surface area contributed by atoms with Crippen LogP contribution in [0.1, 0.15) is 50.3 Å². The number of amides is 1. The van der Waals surface area contributed by atoms with Gasteiger partial charge < -0.3 is 4.90 Å². The SMILES string of the molecule is C[C@H]1CC[C@](C)(C(=O)N2CC3CC3C2)c2nnc(-c3c(F)cccc3F)cc21. The Morgan fingerprint density at radius 1 is 1.18 bits per heavy atom.